The second kappa shape index (κ2) is 9.57. The van der Waals surface area contributed by atoms with E-state index in [9.17, 15) is 14.7 Å². The first-order valence-corrected chi connectivity index (χ1v) is 11.3. The summed E-state index contributed by atoms with van der Waals surface area (Å²) in [6.07, 6.45) is -0.886. The maximum absolute atomic E-state index is 13.5. The summed E-state index contributed by atoms with van der Waals surface area (Å²) in [7, 11) is 1.51. The number of amides is 2. The third kappa shape index (κ3) is 4.54. The molecule has 0 aromatic heterocycles. The van der Waals surface area contributed by atoms with E-state index in [0.717, 1.165) is 3.57 Å². The van der Waals surface area contributed by atoms with Gasteiger partial charge in [0.1, 0.15) is 17.2 Å². The molecule has 0 saturated carbocycles. The molecule has 0 fully saturated rings. The molecule has 170 valence electrons. The summed E-state index contributed by atoms with van der Waals surface area (Å²) in [5.74, 6) is -0.0829. The van der Waals surface area contributed by atoms with Crippen LogP contribution in [0.1, 0.15) is 39.4 Å². The Labute approximate surface area is 204 Å². The number of fused-ring (bicyclic) bond motifs is 1. The summed E-state index contributed by atoms with van der Waals surface area (Å²) in [6.45, 7) is 2.22. The van der Waals surface area contributed by atoms with Gasteiger partial charge in [0.15, 0.2) is 6.17 Å². The summed E-state index contributed by atoms with van der Waals surface area (Å²) in [5.41, 5.74) is 4.35. The number of carbonyl (C=O) groups is 2. The number of rotatable bonds is 6. The quantitative estimate of drug-likeness (QED) is 0.390. The van der Waals surface area contributed by atoms with E-state index in [-0.39, 0.29) is 11.3 Å². The molecule has 0 bridgehead atoms. The number of hydrogen-bond donors (Lipinski definition) is 3. The van der Waals surface area contributed by atoms with Crippen molar-refractivity contribution in [2.24, 2.45) is 0 Å². The van der Waals surface area contributed by atoms with Gasteiger partial charge in [0.05, 0.1) is 24.8 Å². The van der Waals surface area contributed by atoms with Crippen molar-refractivity contribution in [2.75, 3.05) is 19.0 Å². The number of hydrogen-bond acceptors (Lipinski definition) is 6. The van der Waals surface area contributed by atoms with Gasteiger partial charge in [-0.25, -0.2) is 5.01 Å². The summed E-state index contributed by atoms with van der Waals surface area (Å²) < 4.78 is 11.7. The molecule has 8 nitrogen and oxygen atoms in total. The van der Waals surface area contributed by atoms with Gasteiger partial charge in [-0.05, 0) is 78.0 Å². The number of benzene rings is 3. The number of phenols is 1. The lowest BCUT2D eigenvalue weighted by atomic mass is 10.0. The number of halogens is 1. The van der Waals surface area contributed by atoms with Gasteiger partial charge in [-0.2, -0.15) is 0 Å². The number of phenolic OH excluding ortho intramolecular Hbond substituents is 1. The predicted molar refractivity (Wildman–Crippen MR) is 131 cm³/mol. The highest BCUT2D eigenvalue weighted by Crippen LogP contribution is 2.37. The molecule has 0 aliphatic carbocycles. The Kier molecular flexibility index (Phi) is 6.59. The van der Waals surface area contributed by atoms with E-state index in [0.29, 0.717) is 34.9 Å². The lowest BCUT2D eigenvalue weighted by Crippen LogP contribution is -2.53. The predicted octanol–water partition coefficient (Wildman–Crippen LogP) is 4.32. The van der Waals surface area contributed by atoms with Gasteiger partial charge in [-0.1, -0.05) is 12.1 Å². The van der Waals surface area contributed by atoms with Crippen LogP contribution in [0.15, 0.2) is 60.7 Å². The van der Waals surface area contributed by atoms with Gasteiger partial charge in [0.25, 0.3) is 11.8 Å². The van der Waals surface area contributed by atoms with E-state index in [1.807, 2.05) is 13.0 Å². The van der Waals surface area contributed by atoms with Crippen LogP contribution in [0.3, 0.4) is 0 Å². The van der Waals surface area contributed by atoms with Crippen LogP contribution in [0.25, 0.3) is 0 Å². The lowest BCUT2D eigenvalue weighted by molar-refractivity contribution is 0.0487. The normalized spacial score (nSPS) is 14.8. The van der Waals surface area contributed by atoms with Crippen LogP contribution in [0.2, 0.25) is 0 Å². The second-order valence-corrected chi connectivity index (χ2v) is 8.45. The Morgan fingerprint density at radius 3 is 2.73 bits per heavy atom. The molecule has 1 heterocycles. The number of methoxy groups -OCH3 is 1. The van der Waals surface area contributed by atoms with Crippen molar-refractivity contribution in [3.05, 3.63) is 80.9 Å². The highest BCUT2D eigenvalue weighted by Gasteiger charge is 2.36. The second-order valence-electron chi connectivity index (χ2n) is 7.21. The van der Waals surface area contributed by atoms with Crippen molar-refractivity contribution in [3.63, 3.8) is 0 Å². The minimum Gasteiger partial charge on any atom is -0.508 e. The molecular formula is C24H22IN3O5. The number of hydrazine groups is 1. The average molecular weight is 559 g/mol. The minimum absolute atomic E-state index is 0.0518. The third-order valence-electron chi connectivity index (χ3n) is 5.16. The first kappa shape index (κ1) is 22.7. The van der Waals surface area contributed by atoms with Gasteiger partial charge >= 0.3 is 0 Å². The molecule has 1 unspecified atom stereocenters. The third-order valence-corrected chi connectivity index (χ3v) is 5.84. The Morgan fingerprint density at radius 1 is 1.18 bits per heavy atom. The number of anilines is 1. The molecule has 2 amide bonds. The topological polar surface area (TPSA) is 100 Å². The minimum atomic E-state index is -0.886. The molecule has 0 saturated heterocycles. The van der Waals surface area contributed by atoms with Crippen LogP contribution in [-0.2, 0) is 0 Å². The van der Waals surface area contributed by atoms with Crippen LogP contribution in [0.4, 0.5) is 5.69 Å². The molecule has 3 aromatic rings. The zero-order valence-electron chi connectivity index (χ0n) is 18.0. The standard InChI is InChI=1S/C24H22IN3O5/c1-3-33-21-7-5-4-6-16(21)23(30)27-28-22(18-13-15(32-2)9-11-20(18)29)26-19-10-8-14(25)12-17(19)24(28)31/h4-13,22,26,29H,3H2,1-2H3,(H,27,30). The lowest BCUT2D eigenvalue weighted by Gasteiger charge is -2.38. The van der Waals surface area contributed by atoms with Crippen molar-refractivity contribution in [1.82, 2.24) is 10.4 Å². The maximum atomic E-state index is 13.5. The number of nitrogens with zero attached hydrogens (tertiary/aromatic N) is 1. The number of ether oxygens (including phenoxy) is 2. The van der Waals surface area contributed by atoms with Gasteiger partial charge in [0, 0.05) is 14.8 Å². The monoisotopic (exact) mass is 559 g/mol. The van der Waals surface area contributed by atoms with Crippen molar-refractivity contribution in [3.8, 4) is 17.2 Å². The smallest absolute Gasteiger partial charge is 0.276 e. The molecule has 0 radical (unpaired) electrons. The van der Waals surface area contributed by atoms with Gasteiger partial charge < -0.3 is 19.9 Å². The number of carbonyl (C=O) groups excluding carboxylic acids is 2. The van der Waals surface area contributed by atoms with Crippen molar-refractivity contribution in [2.45, 2.75) is 13.1 Å². The first-order chi connectivity index (χ1) is 15.9. The Hall–Kier alpha value is -3.47. The molecule has 4 rings (SSSR count). The van der Waals surface area contributed by atoms with Crippen LogP contribution in [0, 0.1) is 3.57 Å². The van der Waals surface area contributed by atoms with E-state index in [4.69, 9.17) is 9.47 Å². The highest BCUT2D eigenvalue weighted by molar-refractivity contribution is 14.1. The molecular weight excluding hydrogens is 537 g/mol. The molecule has 3 N–H and O–H groups in total. The summed E-state index contributed by atoms with van der Waals surface area (Å²) in [4.78, 5) is 26.7. The van der Waals surface area contributed by atoms with Crippen LogP contribution in [0.5, 0.6) is 17.2 Å². The highest BCUT2D eigenvalue weighted by atomic mass is 127. The fourth-order valence-corrected chi connectivity index (χ4v) is 4.09. The van der Waals surface area contributed by atoms with E-state index >= 15 is 0 Å². The first-order valence-electron chi connectivity index (χ1n) is 10.2. The summed E-state index contributed by atoms with van der Waals surface area (Å²) in [6, 6.07) is 16.9. The summed E-state index contributed by atoms with van der Waals surface area (Å²) in [5, 5.41) is 15.0. The molecule has 1 aliphatic rings. The zero-order chi connectivity index (χ0) is 23.5. The van der Waals surface area contributed by atoms with E-state index in [2.05, 4.69) is 33.3 Å². The molecule has 3 aromatic carbocycles. The molecule has 0 spiro atoms. The largest absolute Gasteiger partial charge is 0.508 e. The van der Waals surface area contributed by atoms with Crippen molar-refractivity contribution < 1.29 is 24.2 Å². The van der Waals surface area contributed by atoms with Crippen molar-refractivity contribution >= 4 is 40.1 Å². The van der Waals surface area contributed by atoms with E-state index in [1.54, 1.807) is 48.5 Å². The van der Waals surface area contributed by atoms with Gasteiger partial charge in [-0.15, -0.1) is 0 Å². The average Bonchev–Trinajstić information content (AvgIpc) is 2.82. The Morgan fingerprint density at radius 2 is 1.97 bits per heavy atom. The molecule has 1 aliphatic heterocycles. The number of nitrogens with one attached hydrogen (secondary N) is 2. The molecule has 1 atom stereocenters. The van der Waals surface area contributed by atoms with Crippen molar-refractivity contribution in [1.29, 1.82) is 0 Å². The zero-order valence-corrected chi connectivity index (χ0v) is 20.1. The Balaban J connectivity index is 1.77. The fourth-order valence-electron chi connectivity index (χ4n) is 3.59. The van der Waals surface area contributed by atoms with Gasteiger partial charge in [-0.3, -0.25) is 15.0 Å². The number of aromatic hydroxyl groups is 1. The number of para-hydroxylation sites is 1. The SMILES string of the molecule is CCOc1ccccc1C(=O)NN1C(=O)c2cc(I)ccc2NC1c1cc(OC)ccc1O. The molecule has 33 heavy (non-hydrogen) atoms. The fraction of sp³-hybridized carbons (Fsp3) is 0.167. The van der Waals surface area contributed by atoms with Gasteiger partial charge in [0.2, 0.25) is 0 Å². The van der Waals surface area contributed by atoms with E-state index < -0.39 is 18.0 Å². The summed E-state index contributed by atoms with van der Waals surface area (Å²) >= 11 is 2.12. The van der Waals surface area contributed by atoms with Crippen LogP contribution >= 0.6 is 22.6 Å². The molecule has 9 heteroatoms. The van der Waals surface area contributed by atoms with Crippen LogP contribution < -0.4 is 20.2 Å². The Bertz CT molecular complexity index is 1220. The van der Waals surface area contributed by atoms with E-state index in [1.165, 1.54) is 18.2 Å². The van der Waals surface area contributed by atoms with Crippen LogP contribution in [-0.4, -0.2) is 35.6 Å². The maximum Gasteiger partial charge on any atom is 0.276 e.